The number of carbonyl (C=O) groups excluding carboxylic acids is 1. The third kappa shape index (κ3) is 4.21. The summed E-state index contributed by atoms with van der Waals surface area (Å²) in [5, 5.41) is 15.0. The van der Waals surface area contributed by atoms with Gasteiger partial charge in [-0.25, -0.2) is 9.97 Å². The first-order chi connectivity index (χ1) is 13.5. The van der Waals surface area contributed by atoms with Gasteiger partial charge in [0.1, 0.15) is 5.69 Å². The molecule has 7 heteroatoms. The Hall–Kier alpha value is -2.77. The van der Waals surface area contributed by atoms with Crippen molar-refractivity contribution in [2.75, 3.05) is 13.2 Å². The Labute approximate surface area is 164 Å². The summed E-state index contributed by atoms with van der Waals surface area (Å²) in [6.07, 6.45) is 4.30. The zero-order chi connectivity index (χ0) is 20.1. The van der Waals surface area contributed by atoms with E-state index >= 15 is 0 Å². The fourth-order valence-corrected chi connectivity index (χ4v) is 3.36. The molecule has 3 rings (SSSR count). The van der Waals surface area contributed by atoms with Crippen LogP contribution in [0.25, 0.3) is 5.65 Å². The van der Waals surface area contributed by atoms with Crippen LogP contribution in [0.1, 0.15) is 45.5 Å². The van der Waals surface area contributed by atoms with Crippen LogP contribution in [0, 0.1) is 13.8 Å². The Morgan fingerprint density at radius 2 is 2.07 bits per heavy atom. The number of amides is 1. The molecular weight excluding hydrogens is 354 g/mol. The van der Waals surface area contributed by atoms with E-state index in [1.54, 1.807) is 12.4 Å². The number of nitrogens with zero attached hydrogens (tertiary/aromatic N) is 3. The lowest BCUT2D eigenvalue weighted by molar-refractivity contribution is 0.0939. The Morgan fingerprint density at radius 1 is 1.25 bits per heavy atom. The normalized spacial score (nSPS) is 11.1. The molecule has 0 aliphatic carbocycles. The van der Waals surface area contributed by atoms with Crippen LogP contribution in [0.2, 0.25) is 0 Å². The lowest BCUT2D eigenvalue weighted by Gasteiger charge is -2.13. The second-order valence-corrected chi connectivity index (χ2v) is 6.79. The van der Waals surface area contributed by atoms with Crippen molar-refractivity contribution in [1.82, 2.24) is 25.0 Å². The first-order valence-electron chi connectivity index (χ1n) is 9.55. The van der Waals surface area contributed by atoms with E-state index in [1.807, 2.05) is 11.3 Å². The molecule has 0 atom stereocenters. The van der Waals surface area contributed by atoms with Gasteiger partial charge in [0.2, 0.25) is 0 Å². The topological polar surface area (TPSA) is 91.5 Å². The smallest absolute Gasteiger partial charge is 0.271 e. The van der Waals surface area contributed by atoms with Gasteiger partial charge in [0, 0.05) is 25.8 Å². The summed E-state index contributed by atoms with van der Waals surface area (Å²) in [5.41, 5.74) is 6.89. The van der Waals surface area contributed by atoms with Crippen molar-refractivity contribution in [1.29, 1.82) is 0 Å². The average molecular weight is 381 g/mol. The fourth-order valence-electron chi connectivity index (χ4n) is 3.36. The lowest BCUT2D eigenvalue weighted by Crippen LogP contribution is -2.27. The molecule has 1 amide bonds. The molecule has 0 aliphatic rings. The molecule has 0 fully saturated rings. The van der Waals surface area contributed by atoms with Crippen LogP contribution in [-0.2, 0) is 19.5 Å². The molecule has 7 nitrogen and oxygen atoms in total. The second-order valence-electron chi connectivity index (χ2n) is 6.79. The molecule has 28 heavy (non-hydrogen) atoms. The van der Waals surface area contributed by atoms with Gasteiger partial charge in [0.05, 0.1) is 24.2 Å². The molecule has 0 unspecified atom stereocenters. The number of nitrogens with one attached hydrogen (secondary N) is 2. The predicted molar refractivity (Wildman–Crippen MR) is 108 cm³/mol. The second kappa shape index (κ2) is 8.95. The molecule has 3 aromatic rings. The monoisotopic (exact) mass is 381 g/mol. The molecule has 148 valence electrons. The Balaban J connectivity index is 1.79. The van der Waals surface area contributed by atoms with Crippen molar-refractivity contribution < 1.29 is 9.90 Å². The van der Waals surface area contributed by atoms with Gasteiger partial charge in [-0.2, -0.15) is 0 Å². The molecule has 0 bridgehead atoms. The van der Waals surface area contributed by atoms with Gasteiger partial charge in [-0.1, -0.05) is 25.1 Å². The number of aromatic nitrogens is 3. The summed E-state index contributed by atoms with van der Waals surface area (Å²) >= 11 is 0. The highest BCUT2D eigenvalue weighted by Gasteiger charge is 2.13. The average Bonchev–Trinajstić information content (AvgIpc) is 3.01. The van der Waals surface area contributed by atoms with Crippen LogP contribution >= 0.6 is 0 Å². The zero-order valence-electron chi connectivity index (χ0n) is 16.6. The molecule has 1 aromatic carbocycles. The predicted octanol–water partition coefficient (Wildman–Crippen LogP) is 1.92. The first-order valence-corrected chi connectivity index (χ1v) is 9.55. The first kappa shape index (κ1) is 20.0. The van der Waals surface area contributed by atoms with Gasteiger partial charge in [-0.05, 0) is 37.0 Å². The number of aliphatic hydroxyl groups excluding tert-OH is 1. The minimum atomic E-state index is -0.311. The summed E-state index contributed by atoms with van der Waals surface area (Å²) in [4.78, 5) is 20.9. The molecule has 0 saturated heterocycles. The summed E-state index contributed by atoms with van der Waals surface area (Å²) in [7, 11) is 0. The largest absolute Gasteiger partial charge is 0.395 e. The van der Waals surface area contributed by atoms with Crippen molar-refractivity contribution in [3.05, 3.63) is 64.4 Å². The van der Waals surface area contributed by atoms with E-state index in [4.69, 9.17) is 5.11 Å². The quantitative estimate of drug-likeness (QED) is 0.554. The van der Waals surface area contributed by atoms with Crippen molar-refractivity contribution in [2.24, 2.45) is 0 Å². The van der Waals surface area contributed by atoms with Gasteiger partial charge >= 0.3 is 0 Å². The number of aryl methyl sites for hydroxylation is 3. The van der Waals surface area contributed by atoms with E-state index in [9.17, 15) is 4.79 Å². The summed E-state index contributed by atoms with van der Waals surface area (Å²) < 4.78 is 1.90. The number of hydrogen-bond acceptors (Lipinski definition) is 5. The summed E-state index contributed by atoms with van der Waals surface area (Å²) in [5.74, 6) is -0.311. The maximum Gasteiger partial charge on any atom is 0.271 e. The number of imidazole rings is 1. The summed E-state index contributed by atoms with van der Waals surface area (Å²) in [6, 6.07) is 6.41. The van der Waals surface area contributed by atoms with Gasteiger partial charge in [0.15, 0.2) is 5.65 Å². The van der Waals surface area contributed by atoms with Crippen LogP contribution < -0.4 is 10.6 Å². The molecular formula is C21H27N5O2. The van der Waals surface area contributed by atoms with E-state index in [0.717, 1.165) is 24.4 Å². The van der Waals surface area contributed by atoms with Crippen LogP contribution in [0.3, 0.4) is 0 Å². The molecule has 0 radical (unpaired) electrons. The maximum absolute atomic E-state index is 12.1. The Kier molecular flexibility index (Phi) is 6.38. The fraction of sp³-hybridized carbons (Fsp3) is 0.381. The Bertz CT molecular complexity index is 980. The number of aliphatic hydroxyl groups is 1. The van der Waals surface area contributed by atoms with E-state index in [1.165, 1.54) is 16.7 Å². The highest BCUT2D eigenvalue weighted by atomic mass is 16.3. The summed E-state index contributed by atoms with van der Waals surface area (Å²) in [6.45, 7) is 7.77. The van der Waals surface area contributed by atoms with Crippen LogP contribution in [0.4, 0.5) is 0 Å². The van der Waals surface area contributed by atoms with E-state index in [0.29, 0.717) is 17.9 Å². The minimum Gasteiger partial charge on any atom is -0.395 e. The molecule has 0 spiro atoms. The van der Waals surface area contributed by atoms with Gasteiger partial charge < -0.3 is 15.7 Å². The van der Waals surface area contributed by atoms with Crippen LogP contribution in [0.15, 0.2) is 30.6 Å². The van der Waals surface area contributed by atoms with Crippen molar-refractivity contribution in [3.63, 3.8) is 0 Å². The number of carbonyl (C=O) groups is 1. The number of fused-ring (bicyclic) bond motifs is 1. The SMILES string of the molecule is CCc1cccc(C)c1CNCc1c(C)nc2cnc(C(=O)NCCO)cn12. The number of rotatable bonds is 8. The van der Waals surface area contributed by atoms with Crippen molar-refractivity contribution in [2.45, 2.75) is 40.3 Å². The molecule has 0 saturated carbocycles. The van der Waals surface area contributed by atoms with Gasteiger partial charge in [-0.3, -0.25) is 9.20 Å². The minimum absolute atomic E-state index is 0.105. The lowest BCUT2D eigenvalue weighted by atomic mass is 10.00. The molecule has 0 aliphatic heterocycles. The van der Waals surface area contributed by atoms with Gasteiger partial charge in [0.25, 0.3) is 5.91 Å². The molecule has 3 N–H and O–H groups in total. The van der Waals surface area contributed by atoms with Gasteiger partial charge in [-0.15, -0.1) is 0 Å². The third-order valence-corrected chi connectivity index (χ3v) is 4.92. The van der Waals surface area contributed by atoms with E-state index in [-0.39, 0.29) is 19.1 Å². The third-order valence-electron chi connectivity index (χ3n) is 4.92. The molecule has 2 aromatic heterocycles. The highest BCUT2D eigenvalue weighted by molar-refractivity contribution is 5.92. The maximum atomic E-state index is 12.1. The van der Waals surface area contributed by atoms with E-state index < -0.39 is 0 Å². The van der Waals surface area contributed by atoms with Crippen molar-refractivity contribution >= 4 is 11.6 Å². The van der Waals surface area contributed by atoms with Crippen LogP contribution in [-0.4, -0.2) is 38.5 Å². The Morgan fingerprint density at radius 3 is 2.82 bits per heavy atom. The standard InChI is InChI=1S/C21H27N5O2/c1-4-16-7-5-6-14(2)17(16)10-22-11-19-15(3)25-20-12-24-18(13-26(19)20)21(28)23-8-9-27/h5-7,12-13,22,27H,4,8-11H2,1-3H3,(H,23,28). The zero-order valence-corrected chi connectivity index (χ0v) is 16.6. The molecule has 2 heterocycles. The van der Waals surface area contributed by atoms with Crippen molar-refractivity contribution in [3.8, 4) is 0 Å². The number of benzene rings is 1. The van der Waals surface area contributed by atoms with E-state index in [2.05, 4.69) is 52.6 Å². The highest BCUT2D eigenvalue weighted by Crippen LogP contribution is 2.16. The number of hydrogen-bond donors (Lipinski definition) is 3. The van der Waals surface area contributed by atoms with Crippen LogP contribution in [0.5, 0.6) is 0 Å².